The Morgan fingerprint density at radius 2 is 1.96 bits per heavy atom. The van der Waals surface area contributed by atoms with Crippen molar-refractivity contribution in [3.8, 4) is 11.5 Å². The molecule has 0 aromatic heterocycles. The first-order valence-corrected chi connectivity index (χ1v) is 9.19. The summed E-state index contributed by atoms with van der Waals surface area (Å²) in [5, 5.41) is 6.02. The maximum atomic E-state index is 12.3. The van der Waals surface area contributed by atoms with Crippen molar-refractivity contribution >= 4 is 6.03 Å². The molecular weight excluding hydrogens is 316 g/mol. The third-order valence-electron chi connectivity index (χ3n) is 4.81. The van der Waals surface area contributed by atoms with Crippen LogP contribution in [0.2, 0.25) is 0 Å². The van der Waals surface area contributed by atoms with Gasteiger partial charge in [0.1, 0.15) is 13.2 Å². The first-order chi connectivity index (χ1) is 12.0. The molecule has 1 aromatic carbocycles. The fourth-order valence-electron chi connectivity index (χ4n) is 3.30. The predicted octanol–water partition coefficient (Wildman–Crippen LogP) is 3.88. The Balaban J connectivity index is 1.53. The fraction of sp³-hybridized carbons (Fsp3) is 0.550. The molecule has 5 nitrogen and oxygen atoms in total. The van der Waals surface area contributed by atoms with Crippen molar-refractivity contribution in [1.29, 1.82) is 0 Å². The van der Waals surface area contributed by atoms with E-state index >= 15 is 0 Å². The van der Waals surface area contributed by atoms with Crippen molar-refractivity contribution < 1.29 is 14.3 Å². The number of carbonyl (C=O) groups is 1. The zero-order chi connectivity index (χ0) is 17.7. The summed E-state index contributed by atoms with van der Waals surface area (Å²) >= 11 is 0. The zero-order valence-electron chi connectivity index (χ0n) is 15.2. The van der Waals surface area contributed by atoms with E-state index < -0.39 is 5.54 Å². The number of hydrogen-bond acceptors (Lipinski definition) is 3. The minimum Gasteiger partial charge on any atom is -0.486 e. The van der Waals surface area contributed by atoms with Crippen molar-refractivity contribution in [2.24, 2.45) is 0 Å². The van der Waals surface area contributed by atoms with Gasteiger partial charge in [0.25, 0.3) is 0 Å². The molecule has 0 saturated heterocycles. The maximum absolute atomic E-state index is 12.3. The smallest absolute Gasteiger partial charge is 0.315 e. The minimum atomic E-state index is -0.496. The Bertz CT molecular complexity index is 652. The number of amides is 2. The van der Waals surface area contributed by atoms with Gasteiger partial charge in [0.15, 0.2) is 11.5 Å². The van der Waals surface area contributed by atoms with Crippen LogP contribution in [-0.4, -0.2) is 25.8 Å². The highest BCUT2D eigenvalue weighted by Gasteiger charge is 2.25. The van der Waals surface area contributed by atoms with E-state index in [1.807, 2.05) is 32.0 Å². The number of fused-ring (bicyclic) bond motifs is 1. The normalized spacial score (nSPS) is 16.8. The predicted molar refractivity (Wildman–Crippen MR) is 98.2 cm³/mol. The molecule has 0 fully saturated rings. The summed E-state index contributed by atoms with van der Waals surface area (Å²) in [7, 11) is 0. The lowest BCUT2D eigenvalue weighted by atomic mass is 9.94. The van der Waals surface area contributed by atoms with Gasteiger partial charge in [-0.3, -0.25) is 0 Å². The van der Waals surface area contributed by atoms with Crippen LogP contribution in [0, 0.1) is 0 Å². The highest BCUT2D eigenvalue weighted by molar-refractivity contribution is 5.75. The molecule has 0 bridgehead atoms. The molecule has 3 rings (SSSR count). The average molecular weight is 344 g/mol. The van der Waals surface area contributed by atoms with Crippen molar-refractivity contribution in [3.63, 3.8) is 0 Å². The molecule has 1 aliphatic heterocycles. The molecule has 1 aliphatic carbocycles. The molecule has 0 spiro atoms. The third-order valence-corrected chi connectivity index (χ3v) is 4.81. The average Bonchev–Trinajstić information content (AvgIpc) is 2.62. The van der Waals surface area contributed by atoms with Crippen LogP contribution in [0.5, 0.6) is 11.5 Å². The van der Waals surface area contributed by atoms with E-state index in [0.717, 1.165) is 23.5 Å². The molecule has 0 atom stereocenters. The van der Waals surface area contributed by atoms with E-state index in [9.17, 15) is 4.79 Å². The van der Waals surface area contributed by atoms with Gasteiger partial charge in [-0.2, -0.15) is 0 Å². The lowest BCUT2D eigenvalue weighted by molar-refractivity contribution is 0.171. The van der Waals surface area contributed by atoms with Crippen LogP contribution < -0.4 is 20.1 Å². The highest BCUT2D eigenvalue weighted by Crippen LogP contribution is 2.34. The molecule has 2 amide bonds. The number of carbonyl (C=O) groups excluding carboxylic acids is 1. The van der Waals surface area contributed by atoms with Gasteiger partial charge in [-0.05, 0) is 63.6 Å². The van der Waals surface area contributed by atoms with E-state index in [1.54, 1.807) is 0 Å². The SMILES string of the molecule is CC(C)(NC(=O)NCCC1=CCCCC1)c1ccc2c(c1)OCCO2. The van der Waals surface area contributed by atoms with Crippen molar-refractivity contribution in [3.05, 3.63) is 35.4 Å². The molecule has 0 radical (unpaired) electrons. The third kappa shape index (κ3) is 4.68. The van der Waals surface area contributed by atoms with Gasteiger partial charge in [-0.1, -0.05) is 17.7 Å². The second-order valence-corrected chi connectivity index (χ2v) is 7.22. The molecule has 0 unspecified atom stereocenters. The van der Waals surface area contributed by atoms with E-state index in [2.05, 4.69) is 16.7 Å². The summed E-state index contributed by atoms with van der Waals surface area (Å²) < 4.78 is 11.2. The molecule has 2 aliphatic rings. The quantitative estimate of drug-likeness (QED) is 0.797. The van der Waals surface area contributed by atoms with Gasteiger partial charge in [0, 0.05) is 6.54 Å². The second kappa shape index (κ2) is 7.81. The van der Waals surface area contributed by atoms with Gasteiger partial charge >= 0.3 is 6.03 Å². The van der Waals surface area contributed by atoms with Crippen LogP contribution >= 0.6 is 0 Å². The zero-order valence-corrected chi connectivity index (χ0v) is 15.2. The summed E-state index contributed by atoms with van der Waals surface area (Å²) in [6, 6.07) is 5.68. The lowest BCUT2D eigenvalue weighted by Crippen LogP contribution is -2.46. The van der Waals surface area contributed by atoms with Gasteiger partial charge in [-0.15, -0.1) is 0 Å². The van der Waals surface area contributed by atoms with Gasteiger partial charge in [0.2, 0.25) is 0 Å². The van der Waals surface area contributed by atoms with Crippen LogP contribution in [0.25, 0.3) is 0 Å². The van der Waals surface area contributed by atoms with Crippen LogP contribution in [0.3, 0.4) is 0 Å². The van der Waals surface area contributed by atoms with Crippen molar-refractivity contribution in [1.82, 2.24) is 10.6 Å². The van der Waals surface area contributed by atoms with E-state index in [1.165, 1.54) is 31.3 Å². The van der Waals surface area contributed by atoms with Crippen molar-refractivity contribution in [2.75, 3.05) is 19.8 Å². The first kappa shape index (κ1) is 17.6. The van der Waals surface area contributed by atoms with Crippen molar-refractivity contribution in [2.45, 2.75) is 51.5 Å². The lowest BCUT2D eigenvalue weighted by Gasteiger charge is -2.29. The van der Waals surface area contributed by atoms with Crippen LogP contribution in [0.4, 0.5) is 4.79 Å². The Labute approximate surface area is 149 Å². The van der Waals surface area contributed by atoms with Gasteiger partial charge < -0.3 is 20.1 Å². The first-order valence-electron chi connectivity index (χ1n) is 9.19. The Morgan fingerprint density at radius 1 is 1.16 bits per heavy atom. The number of nitrogens with one attached hydrogen (secondary N) is 2. The Hall–Kier alpha value is -2.17. The van der Waals surface area contributed by atoms with Crippen LogP contribution in [0.15, 0.2) is 29.8 Å². The van der Waals surface area contributed by atoms with Crippen LogP contribution in [0.1, 0.15) is 51.5 Å². The molecule has 5 heteroatoms. The largest absolute Gasteiger partial charge is 0.486 e. The van der Waals surface area contributed by atoms with E-state index in [0.29, 0.717) is 19.8 Å². The van der Waals surface area contributed by atoms with Gasteiger partial charge in [-0.25, -0.2) is 4.79 Å². The maximum Gasteiger partial charge on any atom is 0.315 e. The molecule has 1 aromatic rings. The summed E-state index contributed by atoms with van der Waals surface area (Å²) in [6.07, 6.45) is 8.18. The number of ether oxygens (including phenoxy) is 2. The molecule has 1 heterocycles. The second-order valence-electron chi connectivity index (χ2n) is 7.22. The highest BCUT2D eigenvalue weighted by atomic mass is 16.6. The Kier molecular flexibility index (Phi) is 5.51. The van der Waals surface area contributed by atoms with Gasteiger partial charge in [0.05, 0.1) is 5.54 Å². The summed E-state index contributed by atoms with van der Waals surface area (Å²) in [6.45, 7) is 5.78. The van der Waals surface area contributed by atoms with Crippen LogP contribution in [-0.2, 0) is 5.54 Å². The number of benzene rings is 1. The Morgan fingerprint density at radius 3 is 2.72 bits per heavy atom. The minimum absolute atomic E-state index is 0.142. The molecule has 2 N–H and O–H groups in total. The van der Waals surface area contributed by atoms with E-state index in [-0.39, 0.29) is 6.03 Å². The number of hydrogen-bond donors (Lipinski definition) is 2. The number of allylic oxidation sites excluding steroid dienone is 1. The number of rotatable bonds is 5. The summed E-state index contributed by atoms with van der Waals surface area (Å²) in [5.41, 5.74) is 1.96. The molecule has 0 saturated carbocycles. The molecule has 136 valence electrons. The molecular formula is C20H28N2O3. The standard InChI is InChI=1S/C20H28N2O3/c1-20(2,16-8-9-17-18(14-16)25-13-12-24-17)22-19(23)21-11-10-15-6-4-3-5-7-15/h6,8-9,14H,3-5,7,10-13H2,1-2H3,(H2,21,22,23). The number of urea groups is 1. The van der Waals surface area contributed by atoms with E-state index in [4.69, 9.17) is 9.47 Å². The summed E-state index contributed by atoms with van der Waals surface area (Å²) in [4.78, 5) is 12.3. The molecule has 25 heavy (non-hydrogen) atoms. The topological polar surface area (TPSA) is 59.6 Å². The fourth-order valence-corrected chi connectivity index (χ4v) is 3.30. The monoisotopic (exact) mass is 344 g/mol. The summed E-state index contributed by atoms with van der Waals surface area (Å²) in [5.74, 6) is 1.50.